The Morgan fingerprint density at radius 2 is 2.03 bits per heavy atom. The number of halogens is 1. The molecular formula is C24H22ClN3O4S. The fourth-order valence-electron chi connectivity index (χ4n) is 4.00. The number of hydrogen-bond acceptors (Lipinski definition) is 6. The summed E-state index contributed by atoms with van der Waals surface area (Å²) in [5.41, 5.74) is 2.20. The molecule has 7 nitrogen and oxygen atoms in total. The number of carbonyl (C=O) groups is 1. The molecule has 2 aromatic heterocycles. The molecule has 2 atom stereocenters. The van der Waals surface area contributed by atoms with E-state index in [4.69, 9.17) is 16.3 Å². The zero-order valence-electron chi connectivity index (χ0n) is 18.3. The summed E-state index contributed by atoms with van der Waals surface area (Å²) in [6, 6.07) is 9.10. The van der Waals surface area contributed by atoms with Gasteiger partial charge in [-0.15, -0.1) is 11.3 Å². The van der Waals surface area contributed by atoms with Crippen molar-refractivity contribution in [1.29, 1.82) is 0 Å². The van der Waals surface area contributed by atoms with Gasteiger partial charge in [-0.05, 0) is 56.2 Å². The number of aliphatic imine (C=N–C) groups is 1. The van der Waals surface area contributed by atoms with Crippen molar-refractivity contribution in [2.45, 2.75) is 20.3 Å². The number of benzene rings is 1. The lowest BCUT2D eigenvalue weighted by atomic mass is 10.0. The summed E-state index contributed by atoms with van der Waals surface area (Å²) in [6.45, 7) is 7.02. The number of hydrogen-bond donors (Lipinski definition) is 1. The van der Waals surface area contributed by atoms with Gasteiger partial charge in [0, 0.05) is 27.4 Å². The van der Waals surface area contributed by atoms with Gasteiger partial charge in [0.25, 0.3) is 5.56 Å². The Balaban J connectivity index is 1.82. The van der Waals surface area contributed by atoms with E-state index in [1.807, 2.05) is 18.2 Å². The third-order valence-electron chi connectivity index (χ3n) is 5.95. The van der Waals surface area contributed by atoms with E-state index in [0.29, 0.717) is 32.9 Å². The summed E-state index contributed by atoms with van der Waals surface area (Å²) < 4.78 is 6.39. The Hall–Kier alpha value is -3.23. The van der Waals surface area contributed by atoms with Crippen molar-refractivity contribution < 1.29 is 9.53 Å². The van der Waals surface area contributed by atoms with Crippen molar-refractivity contribution in [2.75, 3.05) is 7.11 Å². The molecule has 9 heteroatoms. The molecule has 1 aliphatic rings. The number of thiophene rings is 1. The lowest BCUT2D eigenvalue weighted by Crippen LogP contribution is -2.33. The van der Waals surface area contributed by atoms with Gasteiger partial charge in [0.2, 0.25) is 0 Å². The number of carbonyl (C=O) groups excluding carboxylic acids is 1. The van der Waals surface area contributed by atoms with Crippen LogP contribution in [0.25, 0.3) is 26.4 Å². The highest BCUT2D eigenvalue weighted by molar-refractivity contribution is 7.22. The summed E-state index contributed by atoms with van der Waals surface area (Å²) in [6.07, 6.45) is 2.19. The summed E-state index contributed by atoms with van der Waals surface area (Å²) in [5.74, 6) is -0.647. The number of H-pyrrole nitrogens is 1. The summed E-state index contributed by atoms with van der Waals surface area (Å²) in [5, 5.41) is 0.565. The largest absolute Gasteiger partial charge is 0.469 e. The van der Waals surface area contributed by atoms with Crippen LogP contribution in [0.15, 0.2) is 62.3 Å². The topological polar surface area (TPSA) is 93.5 Å². The monoisotopic (exact) mass is 483 g/mol. The number of nitrogens with zero attached hydrogens (tertiary/aromatic N) is 2. The molecule has 1 aliphatic carbocycles. The molecule has 170 valence electrons. The second-order valence-electron chi connectivity index (χ2n) is 7.85. The molecule has 0 radical (unpaired) electrons. The average Bonchev–Trinajstić information content (AvgIpc) is 3.48. The number of aromatic nitrogens is 2. The van der Waals surface area contributed by atoms with Crippen LogP contribution < -0.4 is 11.2 Å². The molecule has 1 saturated carbocycles. The molecule has 1 fully saturated rings. The SMILES string of the molecule is C=N/C=C(\C(C)=C(/C)n1c(=O)[nH]c2cc(-c3ccccc3Cl)sc2c1=O)[C@H]1C[C@@H]1C(=O)OC. The molecular weight excluding hydrogens is 462 g/mol. The number of nitrogens with one attached hydrogen (secondary N) is 1. The van der Waals surface area contributed by atoms with Crippen molar-refractivity contribution in [2.24, 2.45) is 16.8 Å². The quantitative estimate of drug-likeness (QED) is 0.312. The maximum atomic E-state index is 13.4. The normalized spacial score (nSPS) is 18.7. The van der Waals surface area contributed by atoms with Crippen LogP contribution in [0.1, 0.15) is 20.3 Å². The van der Waals surface area contributed by atoms with Crippen LogP contribution in [-0.2, 0) is 9.53 Å². The minimum atomic E-state index is -0.543. The van der Waals surface area contributed by atoms with Gasteiger partial charge < -0.3 is 9.72 Å². The zero-order valence-corrected chi connectivity index (χ0v) is 19.9. The Kier molecular flexibility index (Phi) is 6.23. The molecule has 2 heterocycles. The predicted molar refractivity (Wildman–Crippen MR) is 133 cm³/mol. The Bertz CT molecular complexity index is 1460. The minimum Gasteiger partial charge on any atom is -0.469 e. The first-order valence-electron chi connectivity index (χ1n) is 10.2. The highest BCUT2D eigenvalue weighted by atomic mass is 35.5. The first-order valence-corrected chi connectivity index (χ1v) is 11.4. The predicted octanol–water partition coefficient (Wildman–Crippen LogP) is 4.72. The number of fused-ring (bicyclic) bond motifs is 1. The summed E-state index contributed by atoms with van der Waals surface area (Å²) in [4.78, 5) is 45.7. The van der Waals surface area contributed by atoms with Crippen LogP contribution in [0, 0.1) is 11.8 Å². The lowest BCUT2D eigenvalue weighted by molar-refractivity contribution is -0.142. The highest BCUT2D eigenvalue weighted by Gasteiger charge is 2.46. The lowest BCUT2D eigenvalue weighted by Gasteiger charge is -2.13. The maximum Gasteiger partial charge on any atom is 0.333 e. The minimum absolute atomic E-state index is 0.0926. The van der Waals surface area contributed by atoms with E-state index in [2.05, 4.69) is 16.7 Å². The van der Waals surface area contributed by atoms with Crippen molar-refractivity contribution in [3.63, 3.8) is 0 Å². The third-order valence-corrected chi connectivity index (χ3v) is 7.43. The molecule has 0 aliphatic heterocycles. The van der Waals surface area contributed by atoms with Crippen molar-refractivity contribution >= 4 is 51.5 Å². The Morgan fingerprint density at radius 1 is 1.30 bits per heavy atom. The van der Waals surface area contributed by atoms with E-state index >= 15 is 0 Å². The van der Waals surface area contributed by atoms with E-state index in [1.165, 1.54) is 18.4 Å². The van der Waals surface area contributed by atoms with Gasteiger partial charge in [0.1, 0.15) is 4.70 Å². The van der Waals surface area contributed by atoms with E-state index in [9.17, 15) is 14.4 Å². The van der Waals surface area contributed by atoms with Crippen LogP contribution in [0.2, 0.25) is 5.02 Å². The average molecular weight is 484 g/mol. The molecule has 0 amide bonds. The number of methoxy groups -OCH3 is 1. The fourth-order valence-corrected chi connectivity index (χ4v) is 5.38. The van der Waals surface area contributed by atoms with Crippen molar-refractivity contribution in [1.82, 2.24) is 9.55 Å². The third kappa shape index (κ3) is 4.12. The van der Waals surface area contributed by atoms with E-state index in [0.717, 1.165) is 20.6 Å². The van der Waals surface area contributed by atoms with Crippen LogP contribution in [0.5, 0.6) is 0 Å². The summed E-state index contributed by atoms with van der Waals surface area (Å²) >= 11 is 7.59. The molecule has 0 spiro atoms. The maximum absolute atomic E-state index is 13.4. The molecule has 4 rings (SSSR count). The van der Waals surface area contributed by atoms with Gasteiger partial charge >= 0.3 is 11.7 Å². The molecule has 1 aromatic carbocycles. The van der Waals surface area contributed by atoms with Gasteiger partial charge in [-0.25, -0.2) is 9.36 Å². The standard InChI is InChI=1S/C24H22ClN3O4S/c1-12(17(11-26-3)15-9-16(15)23(30)32-4)13(2)28-22(29)21-19(27-24(28)31)10-20(33-21)14-7-5-6-8-18(14)25/h5-8,10-11,15-16H,3,9H2,1-2,4H3,(H,27,31)/b13-12+,17-11+/t15-,16-/m0/s1. The summed E-state index contributed by atoms with van der Waals surface area (Å²) in [7, 11) is 1.35. The number of rotatable bonds is 6. The van der Waals surface area contributed by atoms with E-state index in [1.54, 1.807) is 32.2 Å². The second kappa shape index (κ2) is 8.96. The van der Waals surface area contributed by atoms with Crippen molar-refractivity contribution in [3.8, 4) is 10.4 Å². The Morgan fingerprint density at radius 3 is 2.70 bits per heavy atom. The molecule has 0 saturated heterocycles. The Labute approximate surface area is 198 Å². The number of esters is 1. The van der Waals surface area contributed by atoms with Gasteiger partial charge in [-0.2, -0.15) is 0 Å². The number of allylic oxidation sites excluding steroid dienone is 3. The van der Waals surface area contributed by atoms with Crippen LogP contribution in [-0.4, -0.2) is 29.3 Å². The van der Waals surface area contributed by atoms with E-state index < -0.39 is 11.2 Å². The first-order chi connectivity index (χ1) is 15.8. The molecule has 0 bridgehead atoms. The van der Waals surface area contributed by atoms with Gasteiger partial charge in [-0.1, -0.05) is 29.8 Å². The molecule has 1 N–H and O–H groups in total. The van der Waals surface area contributed by atoms with E-state index in [-0.39, 0.29) is 17.8 Å². The molecule has 3 aromatic rings. The number of aromatic amines is 1. The van der Waals surface area contributed by atoms with Gasteiger partial charge in [0.15, 0.2) is 0 Å². The number of ether oxygens (including phenoxy) is 1. The van der Waals surface area contributed by atoms with Gasteiger partial charge in [-0.3, -0.25) is 14.6 Å². The second-order valence-corrected chi connectivity index (χ2v) is 9.31. The smallest absolute Gasteiger partial charge is 0.333 e. The van der Waals surface area contributed by atoms with Gasteiger partial charge in [0.05, 0.1) is 18.5 Å². The van der Waals surface area contributed by atoms with Crippen LogP contribution in [0.3, 0.4) is 0 Å². The van der Waals surface area contributed by atoms with Crippen LogP contribution in [0.4, 0.5) is 0 Å². The molecule has 33 heavy (non-hydrogen) atoms. The zero-order chi connectivity index (χ0) is 23.9. The first kappa shape index (κ1) is 22.9. The van der Waals surface area contributed by atoms with Crippen LogP contribution >= 0.6 is 22.9 Å². The fraction of sp³-hybridized carbons (Fsp3) is 0.250. The highest BCUT2D eigenvalue weighted by Crippen LogP contribution is 2.48. The molecule has 0 unspecified atom stereocenters. The van der Waals surface area contributed by atoms with Crippen molar-refractivity contribution in [3.05, 3.63) is 73.5 Å².